The standard InChI is InChI=1S/C6H8N2O3S/c1-2-12(10,11)6-5(9)7-3-4-8-6/h3-4H,2H2,1H3,(H,7,9). The molecule has 1 aromatic heterocycles. The Morgan fingerprint density at radius 3 is 2.75 bits per heavy atom. The minimum Gasteiger partial charge on any atom is -0.325 e. The Morgan fingerprint density at radius 2 is 2.25 bits per heavy atom. The average Bonchev–Trinajstić information content (AvgIpc) is 2.05. The van der Waals surface area contributed by atoms with Crippen LogP contribution in [0, 0.1) is 0 Å². The Bertz CT molecular complexity index is 420. The van der Waals surface area contributed by atoms with E-state index < -0.39 is 20.4 Å². The maximum atomic E-state index is 11.1. The van der Waals surface area contributed by atoms with Gasteiger partial charge in [0.15, 0.2) is 0 Å². The highest BCUT2D eigenvalue weighted by Gasteiger charge is 2.16. The van der Waals surface area contributed by atoms with Crippen molar-refractivity contribution in [3.05, 3.63) is 22.7 Å². The van der Waals surface area contributed by atoms with Crippen molar-refractivity contribution in [2.45, 2.75) is 11.9 Å². The Hall–Kier alpha value is -1.17. The van der Waals surface area contributed by atoms with Crippen molar-refractivity contribution in [2.75, 3.05) is 5.75 Å². The van der Waals surface area contributed by atoms with Gasteiger partial charge in [0.05, 0.1) is 5.75 Å². The predicted octanol–water partition coefficient (Wildman–Crippen LogP) is -0.436. The molecule has 6 heteroatoms. The highest BCUT2D eigenvalue weighted by molar-refractivity contribution is 7.91. The van der Waals surface area contributed by atoms with Crippen LogP contribution >= 0.6 is 0 Å². The number of hydrogen-bond donors (Lipinski definition) is 1. The highest BCUT2D eigenvalue weighted by atomic mass is 32.2. The SMILES string of the molecule is CCS(=O)(=O)c1ncc[nH]c1=O. The van der Waals surface area contributed by atoms with E-state index in [1.165, 1.54) is 19.3 Å². The van der Waals surface area contributed by atoms with Gasteiger partial charge in [-0.2, -0.15) is 0 Å². The van der Waals surface area contributed by atoms with Gasteiger partial charge in [0, 0.05) is 12.4 Å². The molecule has 0 unspecified atom stereocenters. The highest BCUT2D eigenvalue weighted by Crippen LogP contribution is 1.98. The fourth-order valence-electron chi connectivity index (χ4n) is 0.697. The molecule has 0 aliphatic carbocycles. The molecule has 0 aliphatic heterocycles. The van der Waals surface area contributed by atoms with Crippen LogP contribution in [0.3, 0.4) is 0 Å². The number of sulfone groups is 1. The van der Waals surface area contributed by atoms with Crippen LogP contribution in [0.15, 0.2) is 22.2 Å². The second-order valence-corrected chi connectivity index (χ2v) is 4.32. The van der Waals surface area contributed by atoms with Gasteiger partial charge in [-0.1, -0.05) is 6.92 Å². The van der Waals surface area contributed by atoms with Crippen LogP contribution < -0.4 is 5.56 Å². The van der Waals surface area contributed by atoms with E-state index in [0.717, 1.165) is 0 Å². The van der Waals surface area contributed by atoms with Crippen molar-refractivity contribution in [3.63, 3.8) is 0 Å². The summed E-state index contributed by atoms with van der Waals surface area (Å²) in [4.78, 5) is 16.7. The molecule has 0 radical (unpaired) electrons. The number of aromatic nitrogens is 2. The van der Waals surface area contributed by atoms with Crippen molar-refractivity contribution < 1.29 is 8.42 Å². The number of aromatic amines is 1. The first-order valence-corrected chi connectivity index (χ1v) is 4.99. The zero-order chi connectivity index (χ0) is 9.19. The molecule has 1 rings (SSSR count). The number of hydrogen-bond acceptors (Lipinski definition) is 4. The summed E-state index contributed by atoms with van der Waals surface area (Å²) in [6.07, 6.45) is 2.53. The lowest BCUT2D eigenvalue weighted by Crippen LogP contribution is -2.20. The van der Waals surface area contributed by atoms with Gasteiger partial charge in [-0.05, 0) is 0 Å². The number of nitrogens with one attached hydrogen (secondary N) is 1. The van der Waals surface area contributed by atoms with Gasteiger partial charge in [-0.25, -0.2) is 13.4 Å². The molecule has 0 amide bonds. The van der Waals surface area contributed by atoms with Crippen LogP contribution in [0.2, 0.25) is 0 Å². The zero-order valence-corrected chi connectivity index (χ0v) is 7.26. The first-order valence-electron chi connectivity index (χ1n) is 3.34. The molecule has 0 fully saturated rings. The smallest absolute Gasteiger partial charge is 0.285 e. The Morgan fingerprint density at radius 1 is 1.58 bits per heavy atom. The third kappa shape index (κ3) is 1.53. The lowest BCUT2D eigenvalue weighted by molar-refractivity contribution is 0.591. The molecular formula is C6H8N2O3S. The van der Waals surface area contributed by atoms with Gasteiger partial charge >= 0.3 is 0 Å². The second kappa shape index (κ2) is 3.06. The maximum Gasteiger partial charge on any atom is 0.285 e. The summed E-state index contributed by atoms with van der Waals surface area (Å²) in [5.74, 6) is -0.118. The van der Waals surface area contributed by atoms with Crippen molar-refractivity contribution in [1.29, 1.82) is 0 Å². The first-order chi connectivity index (χ1) is 5.58. The van der Waals surface area contributed by atoms with Crippen LogP contribution in [-0.4, -0.2) is 24.1 Å². The number of nitrogens with zero attached hydrogens (tertiary/aromatic N) is 1. The summed E-state index contributed by atoms with van der Waals surface area (Å²) in [5.41, 5.74) is -0.667. The molecule has 1 aromatic rings. The minimum atomic E-state index is -3.48. The van der Waals surface area contributed by atoms with Gasteiger partial charge < -0.3 is 4.98 Å². The third-order valence-corrected chi connectivity index (χ3v) is 2.99. The lowest BCUT2D eigenvalue weighted by Gasteiger charge is -1.96. The largest absolute Gasteiger partial charge is 0.325 e. The maximum absolute atomic E-state index is 11.1. The lowest BCUT2D eigenvalue weighted by atomic mass is 10.7. The Labute approximate surface area is 69.4 Å². The van der Waals surface area contributed by atoms with E-state index in [0.29, 0.717) is 0 Å². The Balaban J connectivity index is 3.40. The molecule has 12 heavy (non-hydrogen) atoms. The van der Waals surface area contributed by atoms with Crippen LogP contribution in [0.25, 0.3) is 0 Å². The molecule has 66 valence electrons. The van der Waals surface area contributed by atoms with Crippen molar-refractivity contribution in [3.8, 4) is 0 Å². The summed E-state index contributed by atoms with van der Waals surface area (Å²) >= 11 is 0. The van der Waals surface area contributed by atoms with Crippen LogP contribution in [-0.2, 0) is 9.84 Å². The van der Waals surface area contributed by atoms with Crippen LogP contribution in [0.5, 0.6) is 0 Å². The van der Waals surface area contributed by atoms with E-state index in [4.69, 9.17) is 0 Å². The molecule has 5 nitrogen and oxygen atoms in total. The summed E-state index contributed by atoms with van der Waals surface area (Å²) in [5, 5.41) is -0.410. The summed E-state index contributed by atoms with van der Waals surface area (Å²) in [7, 11) is -3.48. The molecule has 0 saturated heterocycles. The summed E-state index contributed by atoms with van der Waals surface area (Å²) < 4.78 is 22.3. The summed E-state index contributed by atoms with van der Waals surface area (Å²) in [6.45, 7) is 1.46. The molecule has 1 heterocycles. The van der Waals surface area contributed by atoms with Crippen molar-refractivity contribution >= 4 is 9.84 Å². The van der Waals surface area contributed by atoms with Gasteiger partial charge in [0.2, 0.25) is 14.9 Å². The van der Waals surface area contributed by atoms with E-state index in [9.17, 15) is 13.2 Å². The quantitative estimate of drug-likeness (QED) is 0.682. The number of H-pyrrole nitrogens is 1. The molecule has 0 aromatic carbocycles. The van der Waals surface area contributed by atoms with Gasteiger partial charge in [-0.3, -0.25) is 4.79 Å². The molecule has 1 N–H and O–H groups in total. The van der Waals surface area contributed by atoms with E-state index in [-0.39, 0.29) is 5.75 Å². The number of rotatable bonds is 2. The second-order valence-electron chi connectivity index (χ2n) is 2.13. The Kier molecular flexibility index (Phi) is 2.27. The summed E-state index contributed by atoms with van der Waals surface area (Å²) in [6, 6.07) is 0. The molecule has 0 aliphatic rings. The van der Waals surface area contributed by atoms with Gasteiger partial charge in [0.25, 0.3) is 5.56 Å². The fourth-order valence-corrected chi connectivity index (χ4v) is 1.53. The molecule has 0 atom stereocenters. The first kappa shape index (κ1) is 8.92. The van der Waals surface area contributed by atoms with Crippen molar-refractivity contribution in [2.24, 2.45) is 0 Å². The van der Waals surface area contributed by atoms with Crippen LogP contribution in [0.1, 0.15) is 6.92 Å². The van der Waals surface area contributed by atoms with E-state index in [1.54, 1.807) is 0 Å². The molecule has 0 spiro atoms. The molecule has 0 saturated carbocycles. The van der Waals surface area contributed by atoms with Crippen LogP contribution in [0.4, 0.5) is 0 Å². The predicted molar refractivity (Wildman–Crippen MR) is 42.6 cm³/mol. The zero-order valence-electron chi connectivity index (χ0n) is 6.44. The van der Waals surface area contributed by atoms with Gasteiger partial charge in [-0.15, -0.1) is 0 Å². The van der Waals surface area contributed by atoms with Gasteiger partial charge in [0.1, 0.15) is 0 Å². The minimum absolute atomic E-state index is 0.118. The third-order valence-electron chi connectivity index (χ3n) is 1.35. The van der Waals surface area contributed by atoms with E-state index in [1.807, 2.05) is 0 Å². The monoisotopic (exact) mass is 188 g/mol. The van der Waals surface area contributed by atoms with E-state index in [2.05, 4.69) is 9.97 Å². The average molecular weight is 188 g/mol. The molecular weight excluding hydrogens is 180 g/mol. The topological polar surface area (TPSA) is 79.9 Å². The van der Waals surface area contributed by atoms with Crippen molar-refractivity contribution in [1.82, 2.24) is 9.97 Å². The van der Waals surface area contributed by atoms with E-state index >= 15 is 0 Å². The fraction of sp³-hybridized carbons (Fsp3) is 0.333. The molecule has 0 bridgehead atoms. The normalized spacial score (nSPS) is 11.4.